The molecule has 2 amide bonds. The summed E-state index contributed by atoms with van der Waals surface area (Å²) in [6.45, 7) is 6.13. The van der Waals surface area contributed by atoms with Crippen molar-refractivity contribution in [3.05, 3.63) is 71.2 Å². The lowest BCUT2D eigenvalue weighted by Gasteiger charge is -2.36. The van der Waals surface area contributed by atoms with Gasteiger partial charge in [-0.25, -0.2) is 4.98 Å². The van der Waals surface area contributed by atoms with E-state index in [4.69, 9.17) is 4.74 Å². The van der Waals surface area contributed by atoms with Gasteiger partial charge in [0.1, 0.15) is 17.5 Å². The molecule has 0 radical (unpaired) electrons. The average molecular weight is 494 g/mol. The molecule has 0 saturated carbocycles. The normalized spacial score (nSPS) is 14.9. The molecule has 8 nitrogen and oxygen atoms in total. The van der Waals surface area contributed by atoms with E-state index in [0.29, 0.717) is 24.6 Å². The summed E-state index contributed by atoms with van der Waals surface area (Å²) in [5.41, 5.74) is 2.09. The minimum absolute atomic E-state index is 0.0529. The molecular weight excluding hydrogens is 462 g/mol. The van der Waals surface area contributed by atoms with Crippen LogP contribution < -0.4 is 15.4 Å². The van der Waals surface area contributed by atoms with E-state index in [1.54, 1.807) is 12.5 Å². The highest BCUT2D eigenvalue weighted by molar-refractivity contribution is 7.14. The number of likely N-dealkylation sites (N-methyl/N-ethyl adjacent to an activating group) is 1. The molecule has 0 spiro atoms. The Labute approximate surface area is 209 Å². The fourth-order valence-electron chi connectivity index (χ4n) is 4.05. The molecule has 2 N–H and O–H groups in total. The van der Waals surface area contributed by atoms with Gasteiger partial charge in [-0.15, -0.1) is 11.3 Å². The van der Waals surface area contributed by atoms with Gasteiger partial charge in [-0.05, 0) is 24.2 Å². The van der Waals surface area contributed by atoms with Gasteiger partial charge in [0.2, 0.25) is 5.91 Å². The molecule has 2 heterocycles. The minimum atomic E-state index is -0.658. The number of hydrogen-bond acceptors (Lipinski definition) is 7. The van der Waals surface area contributed by atoms with Crippen molar-refractivity contribution in [2.24, 2.45) is 0 Å². The van der Waals surface area contributed by atoms with Crippen molar-refractivity contribution in [2.45, 2.75) is 19.4 Å². The predicted octanol–water partition coefficient (Wildman–Crippen LogP) is 3.40. The number of anilines is 2. The van der Waals surface area contributed by atoms with Crippen LogP contribution >= 0.6 is 11.3 Å². The van der Waals surface area contributed by atoms with Crippen molar-refractivity contribution in [3.8, 4) is 5.75 Å². The van der Waals surface area contributed by atoms with Gasteiger partial charge in [0.05, 0.1) is 7.11 Å². The van der Waals surface area contributed by atoms with Crippen LogP contribution in [0.5, 0.6) is 5.75 Å². The first-order valence-electron chi connectivity index (χ1n) is 11.8. The van der Waals surface area contributed by atoms with Gasteiger partial charge in [0.25, 0.3) is 5.91 Å². The van der Waals surface area contributed by atoms with Crippen LogP contribution in [0.3, 0.4) is 0 Å². The molecule has 184 valence electrons. The van der Waals surface area contributed by atoms with Crippen molar-refractivity contribution in [1.29, 1.82) is 0 Å². The SMILES string of the molecule is CCN1CCN(C(=O)[C@@H](Cc2ccccc2)NC(=O)c2csc(Nc3cccc(OC)c3)n2)CC1. The second-order valence-corrected chi connectivity index (χ2v) is 9.23. The zero-order valence-corrected chi connectivity index (χ0v) is 20.9. The molecule has 1 aromatic heterocycles. The molecule has 1 atom stereocenters. The summed E-state index contributed by atoms with van der Waals surface area (Å²) in [6.07, 6.45) is 0.429. The Morgan fingerprint density at radius 2 is 1.86 bits per heavy atom. The largest absolute Gasteiger partial charge is 0.497 e. The van der Waals surface area contributed by atoms with Gasteiger partial charge in [0, 0.05) is 49.7 Å². The van der Waals surface area contributed by atoms with E-state index in [2.05, 4.69) is 27.4 Å². The Morgan fingerprint density at radius 1 is 1.09 bits per heavy atom. The fraction of sp³-hybridized carbons (Fsp3) is 0.346. The number of benzene rings is 2. The van der Waals surface area contributed by atoms with Gasteiger partial charge in [-0.3, -0.25) is 9.59 Å². The van der Waals surface area contributed by atoms with Crippen molar-refractivity contribution in [2.75, 3.05) is 45.2 Å². The number of carbonyl (C=O) groups excluding carboxylic acids is 2. The summed E-state index contributed by atoms with van der Waals surface area (Å²) in [6, 6.07) is 16.6. The lowest BCUT2D eigenvalue weighted by molar-refractivity contribution is -0.135. The summed E-state index contributed by atoms with van der Waals surface area (Å²) in [4.78, 5) is 35.1. The number of methoxy groups -OCH3 is 1. The first-order valence-corrected chi connectivity index (χ1v) is 12.7. The Balaban J connectivity index is 1.45. The third-order valence-electron chi connectivity index (χ3n) is 6.08. The summed E-state index contributed by atoms with van der Waals surface area (Å²) < 4.78 is 5.25. The Hall–Kier alpha value is -3.43. The van der Waals surface area contributed by atoms with E-state index >= 15 is 0 Å². The van der Waals surface area contributed by atoms with Crippen LogP contribution in [-0.4, -0.2) is 72.5 Å². The molecule has 0 bridgehead atoms. The highest BCUT2D eigenvalue weighted by Gasteiger charge is 2.29. The van der Waals surface area contributed by atoms with Crippen LogP contribution in [0.4, 0.5) is 10.8 Å². The van der Waals surface area contributed by atoms with E-state index in [1.165, 1.54) is 11.3 Å². The van der Waals surface area contributed by atoms with Crippen LogP contribution in [-0.2, 0) is 11.2 Å². The molecule has 1 aliphatic heterocycles. The number of ether oxygens (including phenoxy) is 1. The monoisotopic (exact) mass is 493 g/mol. The Kier molecular flexibility index (Phi) is 8.33. The molecule has 0 aliphatic carbocycles. The van der Waals surface area contributed by atoms with E-state index in [1.807, 2.05) is 59.5 Å². The maximum atomic E-state index is 13.4. The maximum Gasteiger partial charge on any atom is 0.271 e. The van der Waals surface area contributed by atoms with Crippen molar-refractivity contribution >= 4 is 34.0 Å². The van der Waals surface area contributed by atoms with Crippen molar-refractivity contribution in [1.82, 2.24) is 20.1 Å². The first-order chi connectivity index (χ1) is 17.1. The van der Waals surface area contributed by atoms with Gasteiger partial charge in [0.15, 0.2) is 5.13 Å². The third kappa shape index (κ3) is 6.58. The summed E-state index contributed by atoms with van der Waals surface area (Å²) in [5, 5.41) is 8.44. The van der Waals surface area contributed by atoms with E-state index in [-0.39, 0.29) is 17.5 Å². The number of aromatic nitrogens is 1. The van der Waals surface area contributed by atoms with E-state index in [9.17, 15) is 9.59 Å². The second-order valence-electron chi connectivity index (χ2n) is 8.37. The molecule has 35 heavy (non-hydrogen) atoms. The number of carbonyl (C=O) groups is 2. The second kappa shape index (κ2) is 11.8. The van der Waals surface area contributed by atoms with Crippen LogP contribution in [0.2, 0.25) is 0 Å². The topological polar surface area (TPSA) is 86.8 Å². The highest BCUT2D eigenvalue weighted by Crippen LogP contribution is 2.24. The lowest BCUT2D eigenvalue weighted by atomic mass is 10.0. The van der Waals surface area contributed by atoms with Crippen LogP contribution in [0.15, 0.2) is 60.0 Å². The minimum Gasteiger partial charge on any atom is -0.497 e. The van der Waals surface area contributed by atoms with E-state index < -0.39 is 6.04 Å². The predicted molar refractivity (Wildman–Crippen MR) is 138 cm³/mol. The quantitative estimate of drug-likeness (QED) is 0.475. The number of nitrogens with zero attached hydrogens (tertiary/aromatic N) is 3. The van der Waals surface area contributed by atoms with E-state index in [0.717, 1.165) is 36.6 Å². The number of nitrogens with one attached hydrogen (secondary N) is 2. The van der Waals surface area contributed by atoms with Gasteiger partial charge >= 0.3 is 0 Å². The zero-order valence-electron chi connectivity index (χ0n) is 20.1. The molecule has 1 aliphatic rings. The number of rotatable bonds is 9. The van der Waals surface area contributed by atoms with Gasteiger partial charge in [-0.2, -0.15) is 0 Å². The van der Waals surface area contributed by atoms with Gasteiger partial charge in [-0.1, -0.05) is 43.3 Å². The van der Waals surface area contributed by atoms with Gasteiger partial charge < -0.3 is 25.2 Å². The summed E-state index contributed by atoms with van der Waals surface area (Å²) in [7, 11) is 1.61. The summed E-state index contributed by atoms with van der Waals surface area (Å²) >= 11 is 1.33. The van der Waals surface area contributed by atoms with Crippen LogP contribution in [0.1, 0.15) is 23.0 Å². The molecule has 0 unspecified atom stereocenters. The number of amides is 2. The average Bonchev–Trinajstić information content (AvgIpc) is 3.37. The standard InChI is InChI=1S/C26H31N5O3S/c1-3-30-12-14-31(15-13-30)25(33)22(16-19-8-5-4-6-9-19)28-24(32)23-18-35-26(29-23)27-20-10-7-11-21(17-20)34-2/h4-11,17-18,22H,3,12-16H2,1-2H3,(H,27,29)(H,28,32)/t22-/m1/s1. The molecule has 2 aromatic carbocycles. The molecule has 4 rings (SSSR count). The Morgan fingerprint density at radius 3 is 2.57 bits per heavy atom. The highest BCUT2D eigenvalue weighted by atomic mass is 32.1. The maximum absolute atomic E-state index is 13.4. The van der Waals surface area contributed by atoms with Crippen LogP contribution in [0, 0.1) is 0 Å². The third-order valence-corrected chi connectivity index (χ3v) is 6.83. The molecule has 3 aromatic rings. The van der Waals surface area contributed by atoms with Crippen LogP contribution in [0.25, 0.3) is 0 Å². The number of hydrogen-bond donors (Lipinski definition) is 2. The molecular formula is C26H31N5O3S. The zero-order chi connectivity index (χ0) is 24.6. The Bertz CT molecular complexity index is 1130. The lowest BCUT2D eigenvalue weighted by Crippen LogP contribution is -2.55. The number of thiazole rings is 1. The first kappa shape index (κ1) is 24.7. The summed E-state index contributed by atoms with van der Waals surface area (Å²) in [5.74, 6) is 0.316. The smallest absolute Gasteiger partial charge is 0.271 e. The van der Waals surface area contributed by atoms with Crippen molar-refractivity contribution in [3.63, 3.8) is 0 Å². The molecule has 1 saturated heterocycles. The molecule has 1 fully saturated rings. The van der Waals surface area contributed by atoms with Crippen molar-refractivity contribution < 1.29 is 14.3 Å². The fourth-order valence-corrected chi connectivity index (χ4v) is 4.76. The number of piperazine rings is 1. The molecule has 9 heteroatoms.